The van der Waals surface area contributed by atoms with Gasteiger partial charge in [-0.05, 0) is 17.9 Å². The second kappa shape index (κ2) is 6.83. The van der Waals surface area contributed by atoms with Crippen LogP contribution in [0.5, 0.6) is 0 Å². The van der Waals surface area contributed by atoms with E-state index in [0.717, 1.165) is 26.1 Å². The van der Waals surface area contributed by atoms with Crippen molar-refractivity contribution in [3.8, 4) is 0 Å². The van der Waals surface area contributed by atoms with E-state index < -0.39 is 5.95 Å². The summed E-state index contributed by atoms with van der Waals surface area (Å²) in [5, 5.41) is 3.34. The molecule has 2 unspecified atom stereocenters. The van der Waals surface area contributed by atoms with Crippen LogP contribution in [0.4, 0.5) is 10.2 Å². The Bertz CT molecular complexity index is 605. The van der Waals surface area contributed by atoms with Crippen LogP contribution in [0.2, 0.25) is 0 Å². The number of nitrogens with zero attached hydrogens (tertiary/aromatic N) is 3. The Hall–Kier alpha value is -2.01. The number of benzene rings is 1. The minimum Gasteiger partial charge on any atom is -0.367 e. The quantitative estimate of drug-likeness (QED) is 0.882. The van der Waals surface area contributed by atoms with Crippen LogP contribution in [0.25, 0.3) is 0 Å². The van der Waals surface area contributed by atoms with Gasteiger partial charge in [0.2, 0.25) is 5.95 Å². The van der Waals surface area contributed by atoms with Crippen LogP contribution < -0.4 is 5.32 Å². The number of piperidine rings is 1. The Morgan fingerprint density at radius 2 is 2.09 bits per heavy atom. The molecule has 0 radical (unpaired) electrons. The summed E-state index contributed by atoms with van der Waals surface area (Å²) in [4.78, 5) is 10.0. The maximum absolute atomic E-state index is 13.1. The molecular formula is C17H21FN4. The van der Waals surface area contributed by atoms with Crippen LogP contribution >= 0.6 is 0 Å². The predicted molar refractivity (Wildman–Crippen MR) is 84.9 cm³/mol. The molecule has 1 fully saturated rings. The fraction of sp³-hybridized carbons (Fsp3) is 0.412. The van der Waals surface area contributed by atoms with Gasteiger partial charge in [-0.15, -0.1) is 0 Å². The average Bonchev–Trinajstić information content (AvgIpc) is 2.51. The highest BCUT2D eigenvalue weighted by molar-refractivity contribution is 5.34. The number of nitrogens with one attached hydrogen (secondary N) is 1. The standard InChI is InChI=1S/C17H21FN4/c1-13-10-22(11-14-5-3-2-4-6-14)8-7-15(13)21-17-9-16(18)19-12-20-17/h2-6,9,12-13,15H,7-8,10-11H2,1H3,(H,19,20,21). The summed E-state index contributed by atoms with van der Waals surface area (Å²) in [6.07, 6.45) is 2.28. The second-order valence-corrected chi connectivity index (χ2v) is 5.96. The van der Waals surface area contributed by atoms with Gasteiger partial charge >= 0.3 is 0 Å². The molecule has 2 atom stereocenters. The van der Waals surface area contributed by atoms with E-state index in [0.29, 0.717) is 17.8 Å². The van der Waals surface area contributed by atoms with Gasteiger partial charge in [0.1, 0.15) is 12.1 Å². The molecule has 22 heavy (non-hydrogen) atoms. The molecule has 1 aliphatic rings. The third-order valence-corrected chi connectivity index (χ3v) is 4.21. The van der Waals surface area contributed by atoms with Crippen LogP contribution in [0.1, 0.15) is 18.9 Å². The van der Waals surface area contributed by atoms with Crippen molar-refractivity contribution >= 4 is 5.82 Å². The smallest absolute Gasteiger partial charge is 0.217 e. The molecule has 0 aliphatic carbocycles. The average molecular weight is 300 g/mol. The Morgan fingerprint density at radius 3 is 2.82 bits per heavy atom. The first-order chi connectivity index (χ1) is 10.7. The second-order valence-electron chi connectivity index (χ2n) is 5.96. The highest BCUT2D eigenvalue weighted by Crippen LogP contribution is 2.21. The van der Waals surface area contributed by atoms with Gasteiger partial charge in [0.15, 0.2) is 0 Å². The van der Waals surface area contributed by atoms with E-state index in [1.165, 1.54) is 18.0 Å². The van der Waals surface area contributed by atoms with E-state index in [9.17, 15) is 4.39 Å². The van der Waals surface area contributed by atoms with Gasteiger partial charge in [-0.1, -0.05) is 37.3 Å². The van der Waals surface area contributed by atoms with Crippen LogP contribution in [0.3, 0.4) is 0 Å². The molecule has 1 saturated heterocycles. The number of anilines is 1. The number of rotatable bonds is 4. The van der Waals surface area contributed by atoms with Crippen molar-refractivity contribution in [2.24, 2.45) is 5.92 Å². The van der Waals surface area contributed by atoms with E-state index in [2.05, 4.69) is 51.4 Å². The normalized spacial score (nSPS) is 22.5. The van der Waals surface area contributed by atoms with E-state index >= 15 is 0 Å². The number of halogens is 1. The topological polar surface area (TPSA) is 41.0 Å². The fourth-order valence-corrected chi connectivity index (χ4v) is 3.03. The van der Waals surface area contributed by atoms with Gasteiger partial charge in [-0.25, -0.2) is 9.97 Å². The zero-order valence-corrected chi connectivity index (χ0v) is 12.7. The minimum atomic E-state index is -0.494. The lowest BCUT2D eigenvalue weighted by Gasteiger charge is -2.37. The first-order valence-electron chi connectivity index (χ1n) is 7.71. The van der Waals surface area contributed by atoms with Crippen molar-refractivity contribution in [2.45, 2.75) is 25.9 Å². The van der Waals surface area contributed by atoms with Gasteiger partial charge < -0.3 is 5.32 Å². The molecule has 1 N–H and O–H groups in total. The van der Waals surface area contributed by atoms with E-state index in [1.54, 1.807) is 0 Å². The third-order valence-electron chi connectivity index (χ3n) is 4.21. The van der Waals surface area contributed by atoms with Crippen molar-refractivity contribution < 1.29 is 4.39 Å². The summed E-state index contributed by atoms with van der Waals surface area (Å²) >= 11 is 0. The summed E-state index contributed by atoms with van der Waals surface area (Å²) < 4.78 is 13.1. The molecule has 0 bridgehead atoms. The number of aromatic nitrogens is 2. The largest absolute Gasteiger partial charge is 0.367 e. The molecule has 5 heteroatoms. The molecule has 2 aromatic rings. The summed E-state index contributed by atoms with van der Waals surface area (Å²) in [5.74, 6) is 0.558. The van der Waals surface area contributed by atoms with Crippen molar-refractivity contribution in [3.63, 3.8) is 0 Å². The molecule has 3 rings (SSSR count). The number of hydrogen-bond acceptors (Lipinski definition) is 4. The molecule has 0 saturated carbocycles. The Morgan fingerprint density at radius 1 is 1.27 bits per heavy atom. The van der Waals surface area contributed by atoms with Gasteiger partial charge in [0, 0.05) is 31.7 Å². The SMILES string of the molecule is CC1CN(Cc2ccccc2)CCC1Nc1cc(F)ncn1. The molecule has 116 valence electrons. The molecule has 1 aromatic carbocycles. The van der Waals surface area contributed by atoms with E-state index in [1.807, 2.05) is 6.07 Å². The fourth-order valence-electron chi connectivity index (χ4n) is 3.03. The zero-order valence-electron chi connectivity index (χ0n) is 12.7. The van der Waals surface area contributed by atoms with E-state index in [-0.39, 0.29) is 0 Å². The zero-order chi connectivity index (χ0) is 15.4. The van der Waals surface area contributed by atoms with Gasteiger partial charge in [-0.2, -0.15) is 4.39 Å². The lowest BCUT2D eigenvalue weighted by molar-refractivity contribution is 0.164. The lowest BCUT2D eigenvalue weighted by Crippen LogP contribution is -2.44. The molecule has 0 spiro atoms. The first kappa shape index (κ1) is 14.9. The lowest BCUT2D eigenvalue weighted by atomic mass is 9.93. The Labute approximate surface area is 130 Å². The predicted octanol–water partition coefficient (Wildman–Crippen LogP) is 2.94. The summed E-state index contributed by atoms with van der Waals surface area (Å²) in [5.41, 5.74) is 1.35. The summed E-state index contributed by atoms with van der Waals surface area (Å²) in [6, 6.07) is 12.2. The number of hydrogen-bond donors (Lipinski definition) is 1. The van der Waals surface area contributed by atoms with Gasteiger partial charge in [0.05, 0.1) is 0 Å². The Kier molecular flexibility index (Phi) is 4.63. The number of likely N-dealkylation sites (tertiary alicyclic amines) is 1. The molecule has 0 amide bonds. The minimum absolute atomic E-state index is 0.321. The third kappa shape index (κ3) is 3.80. The molecule has 2 heterocycles. The maximum Gasteiger partial charge on any atom is 0.217 e. The maximum atomic E-state index is 13.1. The Balaban J connectivity index is 1.56. The van der Waals surface area contributed by atoms with Gasteiger partial charge in [-0.3, -0.25) is 4.90 Å². The first-order valence-corrected chi connectivity index (χ1v) is 7.71. The highest BCUT2D eigenvalue weighted by atomic mass is 19.1. The van der Waals surface area contributed by atoms with Crippen LogP contribution in [-0.4, -0.2) is 34.0 Å². The molecule has 1 aromatic heterocycles. The van der Waals surface area contributed by atoms with E-state index in [4.69, 9.17) is 0 Å². The molecular weight excluding hydrogens is 279 g/mol. The van der Waals surface area contributed by atoms with Crippen molar-refractivity contribution in [1.82, 2.24) is 14.9 Å². The summed E-state index contributed by atoms with van der Waals surface area (Å²) in [7, 11) is 0. The van der Waals surface area contributed by atoms with Crippen molar-refractivity contribution in [2.75, 3.05) is 18.4 Å². The van der Waals surface area contributed by atoms with Crippen LogP contribution in [0, 0.1) is 11.9 Å². The monoisotopic (exact) mass is 300 g/mol. The van der Waals surface area contributed by atoms with Crippen molar-refractivity contribution in [3.05, 3.63) is 54.2 Å². The highest BCUT2D eigenvalue weighted by Gasteiger charge is 2.26. The van der Waals surface area contributed by atoms with Crippen molar-refractivity contribution in [1.29, 1.82) is 0 Å². The van der Waals surface area contributed by atoms with Crippen LogP contribution in [0.15, 0.2) is 42.7 Å². The summed E-state index contributed by atoms with van der Waals surface area (Å²) in [6.45, 7) is 5.27. The van der Waals surface area contributed by atoms with Gasteiger partial charge in [0.25, 0.3) is 0 Å². The molecule has 4 nitrogen and oxygen atoms in total. The molecule has 1 aliphatic heterocycles. The van der Waals surface area contributed by atoms with Crippen LogP contribution in [-0.2, 0) is 6.54 Å².